The second-order valence-corrected chi connectivity index (χ2v) is 6.32. The standard InChI is InChI=1S/C19H15NO2/c21-17-9-10-3-1-2-4-12(10)18(17)20-19(22)14-6-5-13-15-7-11(15)8-16(13)14/h1-6,8,17-18,21H,7,9H2,(H,20,22)/t17-,18+/m0/s1. The summed E-state index contributed by atoms with van der Waals surface area (Å²) in [4.78, 5) is 12.6. The summed E-state index contributed by atoms with van der Waals surface area (Å²) in [5, 5.41) is 13.3. The van der Waals surface area contributed by atoms with Crippen LogP contribution in [0.15, 0.2) is 70.4 Å². The summed E-state index contributed by atoms with van der Waals surface area (Å²) in [6.07, 6.45) is 7.18. The van der Waals surface area contributed by atoms with Crippen molar-refractivity contribution in [2.75, 3.05) is 0 Å². The summed E-state index contributed by atoms with van der Waals surface area (Å²) in [6, 6.07) is 7.60. The monoisotopic (exact) mass is 289 g/mol. The summed E-state index contributed by atoms with van der Waals surface area (Å²) in [5.74, 6) is -0.0965. The third-order valence-electron chi connectivity index (χ3n) is 5.01. The zero-order valence-electron chi connectivity index (χ0n) is 12.0. The van der Waals surface area contributed by atoms with Crippen molar-refractivity contribution >= 4 is 5.91 Å². The van der Waals surface area contributed by atoms with E-state index < -0.39 is 6.10 Å². The highest BCUT2D eigenvalue weighted by atomic mass is 16.3. The lowest BCUT2D eigenvalue weighted by Gasteiger charge is -2.18. The molecule has 1 aromatic carbocycles. The average Bonchev–Trinajstić information content (AvgIpc) is 2.87. The second-order valence-electron chi connectivity index (χ2n) is 6.32. The van der Waals surface area contributed by atoms with Gasteiger partial charge in [0, 0.05) is 12.0 Å². The van der Waals surface area contributed by atoms with Crippen molar-refractivity contribution in [1.29, 1.82) is 0 Å². The number of carbonyl (C=O) groups is 1. The fourth-order valence-corrected chi connectivity index (χ4v) is 3.80. The first-order chi connectivity index (χ1) is 10.7. The van der Waals surface area contributed by atoms with Crippen molar-refractivity contribution in [3.8, 4) is 0 Å². The molecule has 22 heavy (non-hydrogen) atoms. The van der Waals surface area contributed by atoms with E-state index in [1.165, 1.54) is 16.7 Å². The predicted molar refractivity (Wildman–Crippen MR) is 82.9 cm³/mol. The van der Waals surface area contributed by atoms with E-state index in [1.807, 2.05) is 36.4 Å². The van der Waals surface area contributed by atoms with Crippen LogP contribution >= 0.6 is 0 Å². The number of allylic oxidation sites excluding steroid dienone is 6. The summed E-state index contributed by atoms with van der Waals surface area (Å²) in [6.45, 7) is 0. The maximum Gasteiger partial charge on any atom is 0.252 e. The number of amides is 1. The Hall–Kier alpha value is -2.39. The lowest BCUT2D eigenvalue weighted by Crippen LogP contribution is -2.34. The number of nitrogens with one attached hydrogen (secondary N) is 1. The third kappa shape index (κ3) is 1.57. The molecule has 0 heterocycles. The third-order valence-corrected chi connectivity index (χ3v) is 5.01. The number of aliphatic hydroxyl groups is 1. The van der Waals surface area contributed by atoms with Gasteiger partial charge in [-0.1, -0.05) is 30.3 Å². The van der Waals surface area contributed by atoms with Gasteiger partial charge in [-0.15, -0.1) is 0 Å². The Kier molecular flexibility index (Phi) is 2.26. The minimum absolute atomic E-state index is 0.0965. The number of rotatable bonds is 2. The van der Waals surface area contributed by atoms with E-state index >= 15 is 0 Å². The Labute approximate surface area is 128 Å². The van der Waals surface area contributed by atoms with Crippen LogP contribution in [0.25, 0.3) is 0 Å². The van der Waals surface area contributed by atoms with Crippen molar-refractivity contribution in [2.24, 2.45) is 0 Å². The number of carbonyl (C=O) groups excluding carboxylic acids is 1. The maximum atomic E-state index is 12.6. The van der Waals surface area contributed by atoms with Crippen molar-refractivity contribution in [1.82, 2.24) is 5.32 Å². The van der Waals surface area contributed by atoms with E-state index in [0.717, 1.165) is 28.7 Å². The molecule has 0 aliphatic heterocycles. The molecule has 1 saturated carbocycles. The summed E-state index contributed by atoms with van der Waals surface area (Å²) in [7, 11) is 0. The van der Waals surface area contributed by atoms with E-state index in [9.17, 15) is 9.90 Å². The van der Waals surface area contributed by atoms with Crippen LogP contribution in [-0.2, 0) is 11.2 Å². The van der Waals surface area contributed by atoms with Gasteiger partial charge in [0.25, 0.3) is 5.91 Å². The second kappa shape index (κ2) is 4.08. The number of hydrogen-bond acceptors (Lipinski definition) is 2. The van der Waals surface area contributed by atoms with Crippen LogP contribution in [0.5, 0.6) is 0 Å². The van der Waals surface area contributed by atoms with Crippen LogP contribution in [0, 0.1) is 0 Å². The van der Waals surface area contributed by atoms with Crippen LogP contribution < -0.4 is 5.32 Å². The molecule has 0 saturated heterocycles. The number of aliphatic hydroxyl groups excluding tert-OH is 1. The number of fused-ring (bicyclic) bond motifs is 3. The molecule has 0 radical (unpaired) electrons. The lowest BCUT2D eigenvalue weighted by molar-refractivity contribution is -0.118. The Morgan fingerprint density at radius 1 is 1.18 bits per heavy atom. The predicted octanol–water partition coefficient (Wildman–Crippen LogP) is 2.27. The van der Waals surface area contributed by atoms with Gasteiger partial charge in [-0.3, -0.25) is 4.79 Å². The molecular formula is C19H15NO2. The van der Waals surface area contributed by atoms with Crippen LogP contribution in [0.4, 0.5) is 0 Å². The molecule has 3 heteroatoms. The topological polar surface area (TPSA) is 49.3 Å². The van der Waals surface area contributed by atoms with Gasteiger partial charge in [-0.25, -0.2) is 0 Å². The number of hydrogen-bond donors (Lipinski definition) is 2. The van der Waals surface area contributed by atoms with E-state index in [0.29, 0.717) is 6.42 Å². The Bertz CT molecular complexity index is 854. The zero-order valence-corrected chi connectivity index (χ0v) is 12.0. The van der Waals surface area contributed by atoms with Crippen molar-refractivity contribution in [2.45, 2.75) is 25.0 Å². The first-order valence-electron chi connectivity index (χ1n) is 7.66. The van der Waals surface area contributed by atoms with Crippen LogP contribution in [0.2, 0.25) is 0 Å². The molecular weight excluding hydrogens is 274 g/mol. The molecule has 5 rings (SSSR count). The molecule has 3 nitrogen and oxygen atoms in total. The molecule has 0 bridgehead atoms. The fraction of sp³-hybridized carbons (Fsp3) is 0.211. The molecule has 108 valence electrons. The molecule has 1 fully saturated rings. The summed E-state index contributed by atoms with van der Waals surface area (Å²) in [5.41, 5.74) is 7.89. The molecule has 1 aromatic rings. The van der Waals surface area contributed by atoms with Crippen molar-refractivity contribution in [3.63, 3.8) is 0 Å². The van der Waals surface area contributed by atoms with Gasteiger partial charge in [-0.2, -0.15) is 0 Å². The normalized spacial score (nSPS) is 26.9. The van der Waals surface area contributed by atoms with Gasteiger partial charge < -0.3 is 10.4 Å². The zero-order chi connectivity index (χ0) is 14.8. The van der Waals surface area contributed by atoms with E-state index in [4.69, 9.17) is 0 Å². The lowest BCUT2D eigenvalue weighted by atomic mass is 10.0. The molecule has 0 aromatic heterocycles. The molecule has 2 N–H and O–H groups in total. The summed E-state index contributed by atoms with van der Waals surface area (Å²) < 4.78 is 0. The SMILES string of the molecule is O=C(N[C@@H]1c2ccccc2C[C@@H]1O)C1=C2C=C3CC3=C2C=C1. The Morgan fingerprint density at radius 3 is 2.95 bits per heavy atom. The highest BCUT2D eigenvalue weighted by molar-refractivity contribution is 6.02. The molecule has 0 spiro atoms. The summed E-state index contributed by atoms with van der Waals surface area (Å²) >= 11 is 0. The minimum Gasteiger partial charge on any atom is -0.390 e. The largest absolute Gasteiger partial charge is 0.390 e. The Morgan fingerprint density at radius 2 is 2.05 bits per heavy atom. The smallest absolute Gasteiger partial charge is 0.252 e. The first-order valence-corrected chi connectivity index (χ1v) is 7.66. The molecule has 4 aliphatic rings. The number of benzene rings is 1. The van der Waals surface area contributed by atoms with Crippen molar-refractivity contribution < 1.29 is 9.90 Å². The molecule has 0 unspecified atom stereocenters. The molecule has 4 aliphatic carbocycles. The molecule has 2 atom stereocenters. The Balaban J connectivity index is 1.45. The first kappa shape index (κ1) is 12.2. The van der Waals surface area contributed by atoms with Crippen molar-refractivity contribution in [3.05, 3.63) is 81.5 Å². The van der Waals surface area contributed by atoms with Gasteiger partial charge in [0.2, 0.25) is 0 Å². The minimum atomic E-state index is -0.550. The van der Waals surface area contributed by atoms with Crippen LogP contribution in [0.3, 0.4) is 0 Å². The van der Waals surface area contributed by atoms with Gasteiger partial charge in [0.1, 0.15) is 0 Å². The highest BCUT2D eigenvalue weighted by Crippen LogP contribution is 2.51. The van der Waals surface area contributed by atoms with Gasteiger partial charge >= 0.3 is 0 Å². The average molecular weight is 289 g/mol. The van der Waals surface area contributed by atoms with Gasteiger partial charge in [0.15, 0.2) is 0 Å². The van der Waals surface area contributed by atoms with E-state index in [-0.39, 0.29) is 11.9 Å². The fourth-order valence-electron chi connectivity index (χ4n) is 3.80. The highest BCUT2D eigenvalue weighted by Gasteiger charge is 2.37. The van der Waals surface area contributed by atoms with Gasteiger partial charge in [-0.05, 0) is 52.0 Å². The van der Waals surface area contributed by atoms with Gasteiger partial charge in [0.05, 0.1) is 12.1 Å². The molecule has 1 amide bonds. The van der Waals surface area contributed by atoms with Crippen LogP contribution in [0.1, 0.15) is 23.6 Å². The van der Waals surface area contributed by atoms with E-state index in [2.05, 4.69) is 11.4 Å². The van der Waals surface area contributed by atoms with E-state index in [1.54, 1.807) is 0 Å². The van der Waals surface area contributed by atoms with Crippen LogP contribution in [-0.4, -0.2) is 17.1 Å². The maximum absolute atomic E-state index is 12.6. The quantitative estimate of drug-likeness (QED) is 0.877.